The molecule has 2 aromatic carbocycles. The Morgan fingerprint density at radius 2 is 1.57 bits per heavy atom. The largest absolute Gasteiger partial charge is 0.377 e. The second-order valence-corrected chi connectivity index (χ2v) is 6.31. The van der Waals surface area contributed by atoms with Crippen LogP contribution in [0.3, 0.4) is 0 Å². The molecule has 3 N–H and O–H groups in total. The lowest BCUT2D eigenvalue weighted by molar-refractivity contribution is 0.589. The molecule has 0 aliphatic carbocycles. The van der Waals surface area contributed by atoms with E-state index in [0.717, 1.165) is 11.3 Å². The normalized spacial score (nSPS) is 13.0. The van der Waals surface area contributed by atoms with Gasteiger partial charge in [-0.2, -0.15) is 0 Å². The van der Waals surface area contributed by atoms with Crippen molar-refractivity contribution in [3.8, 4) is 0 Å². The number of anilines is 1. The molecule has 3 heteroatoms. The first kappa shape index (κ1) is 15.5. The number of benzene rings is 2. The standard InChI is InChI=1S/C18H23FN2/c1-18(2,3)14-6-4-13(5-7-14)17(12-20)21-16-10-8-15(19)9-11-16/h4-11,17,21H,12,20H2,1-3H3. The van der Waals surface area contributed by atoms with E-state index in [1.807, 2.05) is 0 Å². The minimum atomic E-state index is -0.237. The van der Waals surface area contributed by atoms with E-state index < -0.39 is 0 Å². The Hall–Kier alpha value is -1.87. The summed E-state index contributed by atoms with van der Waals surface area (Å²) in [5, 5.41) is 3.34. The smallest absolute Gasteiger partial charge is 0.123 e. The Morgan fingerprint density at radius 1 is 1.00 bits per heavy atom. The zero-order valence-electron chi connectivity index (χ0n) is 12.9. The third kappa shape index (κ3) is 4.05. The van der Waals surface area contributed by atoms with Crippen molar-refractivity contribution < 1.29 is 4.39 Å². The van der Waals surface area contributed by atoms with Crippen molar-refractivity contribution in [1.29, 1.82) is 0 Å². The third-order valence-electron chi connectivity index (χ3n) is 3.60. The Labute approximate surface area is 126 Å². The van der Waals surface area contributed by atoms with Crippen LogP contribution in [0.4, 0.5) is 10.1 Å². The van der Waals surface area contributed by atoms with Crippen LogP contribution in [0.1, 0.15) is 37.9 Å². The fraction of sp³-hybridized carbons (Fsp3) is 0.333. The molecule has 0 aromatic heterocycles. The number of halogens is 1. The zero-order chi connectivity index (χ0) is 15.5. The SMILES string of the molecule is CC(C)(C)c1ccc(C(CN)Nc2ccc(F)cc2)cc1. The van der Waals surface area contributed by atoms with Crippen LogP contribution in [0.15, 0.2) is 48.5 Å². The van der Waals surface area contributed by atoms with Crippen LogP contribution in [0, 0.1) is 5.82 Å². The zero-order valence-corrected chi connectivity index (χ0v) is 12.9. The van der Waals surface area contributed by atoms with E-state index in [1.54, 1.807) is 12.1 Å². The van der Waals surface area contributed by atoms with Gasteiger partial charge >= 0.3 is 0 Å². The van der Waals surface area contributed by atoms with Crippen molar-refractivity contribution >= 4 is 5.69 Å². The minimum Gasteiger partial charge on any atom is -0.377 e. The molecule has 112 valence electrons. The second kappa shape index (κ2) is 6.27. The van der Waals surface area contributed by atoms with Crippen LogP contribution in [0.25, 0.3) is 0 Å². The molecule has 21 heavy (non-hydrogen) atoms. The third-order valence-corrected chi connectivity index (χ3v) is 3.60. The van der Waals surface area contributed by atoms with Gasteiger partial charge in [-0.3, -0.25) is 0 Å². The molecule has 2 nitrogen and oxygen atoms in total. The van der Waals surface area contributed by atoms with Gasteiger partial charge < -0.3 is 11.1 Å². The lowest BCUT2D eigenvalue weighted by Gasteiger charge is -2.22. The van der Waals surface area contributed by atoms with Gasteiger partial charge in [0.1, 0.15) is 5.82 Å². The molecule has 1 atom stereocenters. The summed E-state index contributed by atoms with van der Waals surface area (Å²) >= 11 is 0. The summed E-state index contributed by atoms with van der Waals surface area (Å²) in [5.74, 6) is -0.237. The van der Waals surface area contributed by atoms with Crippen LogP contribution in [-0.2, 0) is 5.41 Å². The van der Waals surface area contributed by atoms with Crippen molar-refractivity contribution in [2.75, 3.05) is 11.9 Å². The lowest BCUT2D eigenvalue weighted by atomic mass is 9.86. The fourth-order valence-corrected chi connectivity index (χ4v) is 2.24. The van der Waals surface area contributed by atoms with Crippen molar-refractivity contribution in [2.45, 2.75) is 32.2 Å². The predicted octanol–water partition coefficient (Wildman–Crippen LogP) is 4.24. The van der Waals surface area contributed by atoms with Gasteiger partial charge in [0.15, 0.2) is 0 Å². The van der Waals surface area contributed by atoms with Crippen LogP contribution >= 0.6 is 0 Å². The van der Waals surface area contributed by atoms with Gasteiger partial charge in [-0.1, -0.05) is 45.0 Å². The number of hydrogen-bond donors (Lipinski definition) is 2. The molecule has 0 saturated heterocycles. The van der Waals surface area contributed by atoms with Gasteiger partial charge in [0, 0.05) is 12.2 Å². The summed E-state index contributed by atoms with van der Waals surface area (Å²) in [6.07, 6.45) is 0. The molecule has 0 spiro atoms. The maximum atomic E-state index is 12.9. The Balaban J connectivity index is 2.15. The lowest BCUT2D eigenvalue weighted by Crippen LogP contribution is -2.21. The van der Waals surface area contributed by atoms with Crippen LogP contribution in [-0.4, -0.2) is 6.54 Å². The topological polar surface area (TPSA) is 38.0 Å². The quantitative estimate of drug-likeness (QED) is 0.882. The molecule has 0 fully saturated rings. The van der Waals surface area contributed by atoms with Crippen molar-refractivity contribution in [3.05, 3.63) is 65.5 Å². The summed E-state index contributed by atoms with van der Waals surface area (Å²) in [6, 6.07) is 14.8. The summed E-state index contributed by atoms with van der Waals surface area (Å²) < 4.78 is 12.9. The van der Waals surface area contributed by atoms with E-state index in [9.17, 15) is 4.39 Å². The highest BCUT2D eigenvalue weighted by Crippen LogP contribution is 2.25. The van der Waals surface area contributed by atoms with Crippen molar-refractivity contribution in [2.24, 2.45) is 5.73 Å². The first-order chi connectivity index (χ1) is 9.90. The van der Waals surface area contributed by atoms with Gasteiger partial charge in [0.05, 0.1) is 6.04 Å². The van der Waals surface area contributed by atoms with E-state index in [4.69, 9.17) is 5.73 Å². The van der Waals surface area contributed by atoms with E-state index in [-0.39, 0.29) is 17.3 Å². The van der Waals surface area contributed by atoms with Gasteiger partial charge in [-0.15, -0.1) is 0 Å². The van der Waals surface area contributed by atoms with E-state index in [2.05, 4.69) is 50.4 Å². The highest BCUT2D eigenvalue weighted by molar-refractivity contribution is 5.46. The molecule has 0 aliphatic heterocycles. The molecule has 0 aliphatic rings. The highest BCUT2D eigenvalue weighted by atomic mass is 19.1. The van der Waals surface area contributed by atoms with Gasteiger partial charge in [-0.05, 0) is 40.8 Å². The van der Waals surface area contributed by atoms with Gasteiger partial charge in [0.2, 0.25) is 0 Å². The number of hydrogen-bond acceptors (Lipinski definition) is 2. The first-order valence-electron chi connectivity index (χ1n) is 7.23. The number of nitrogens with two attached hydrogens (primary N) is 1. The molecule has 0 amide bonds. The minimum absolute atomic E-state index is 0.0180. The Kier molecular flexibility index (Phi) is 4.63. The van der Waals surface area contributed by atoms with Crippen LogP contribution in [0.5, 0.6) is 0 Å². The average Bonchev–Trinajstić information content (AvgIpc) is 2.46. The molecule has 0 radical (unpaired) electrons. The summed E-state index contributed by atoms with van der Waals surface area (Å²) in [4.78, 5) is 0. The summed E-state index contributed by atoms with van der Waals surface area (Å²) in [7, 11) is 0. The number of nitrogens with one attached hydrogen (secondary N) is 1. The van der Waals surface area contributed by atoms with Gasteiger partial charge in [0.25, 0.3) is 0 Å². The molecule has 1 unspecified atom stereocenters. The van der Waals surface area contributed by atoms with Crippen LogP contribution < -0.4 is 11.1 Å². The maximum absolute atomic E-state index is 12.9. The monoisotopic (exact) mass is 286 g/mol. The summed E-state index contributed by atoms with van der Waals surface area (Å²) in [5.41, 5.74) is 9.31. The Morgan fingerprint density at radius 3 is 2.05 bits per heavy atom. The molecule has 2 aromatic rings. The Bertz CT molecular complexity index is 568. The molecule has 0 bridgehead atoms. The fourth-order valence-electron chi connectivity index (χ4n) is 2.24. The predicted molar refractivity (Wildman–Crippen MR) is 87.0 cm³/mol. The van der Waals surface area contributed by atoms with Gasteiger partial charge in [-0.25, -0.2) is 4.39 Å². The highest BCUT2D eigenvalue weighted by Gasteiger charge is 2.15. The molecule has 2 rings (SSSR count). The van der Waals surface area contributed by atoms with E-state index >= 15 is 0 Å². The van der Waals surface area contributed by atoms with Crippen molar-refractivity contribution in [1.82, 2.24) is 0 Å². The van der Waals surface area contributed by atoms with E-state index in [0.29, 0.717) is 6.54 Å². The van der Waals surface area contributed by atoms with E-state index in [1.165, 1.54) is 17.7 Å². The molecule has 0 heterocycles. The second-order valence-electron chi connectivity index (χ2n) is 6.31. The molecular weight excluding hydrogens is 263 g/mol. The average molecular weight is 286 g/mol. The summed E-state index contributed by atoms with van der Waals surface area (Å²) in [6.45, 7) is 7.06. The maximum Gasteiger partial charge on any atom is 0.123 e. The van der Waals surface area contributed by atoms with Crippen molar-refractivity contribution in [3.63, 3.8) is 0 Å². The molecular formula is C18H23FN2. The first-order valence-corrected chi connectivity index (χ1v) is 7.23. The van der Waals surface area contributed by atoms with Crippen LogP contribution in [0.2, 0.25) is 0 Å². The molecule has 0 saturated carbocycles. The number of rotatable bonds is 4.